The van der Waals surface area contributed by atoms with Crippen LogP contribution in [0.3, 0.4) is 0 Å². The van der Waals surface area contributed by atoms with Crippen LogP contribution in [0.2, 0.25) is 0 Å². The Morgan fingerprint density at radius 2 is 1.93 bits per heavy atom. The van der Waals surface area contributed by atoms with Crippen molar-refractivity contribution >= 4 is 38.7 Å². The molecule has 0 aliphatic heterocycles. The maximum atomic E-state index is 12.2. The van der Waals surface area contributed by atoms with Crippen molar-refractivity contribution in [2.75, 3.05) is 18.2 Å². The van der Waals surface area contributed by atoms with E-state index >= 15 is 0 Å². The fraction of sp³-hybridized carbons (Fsp3) is 0.368. The van der Waals surface area contributed by atoms with Crippen molar-refractivity contribution in [2.45, 2.75) is 37.0 Å². The average molecular weight is 408 g/mol. The van der Waals surface area contributed by atoms with E-state index in [9.17, 15) is 18.0 Å². The van der Waals surface area contributed by atoms with E-state index in [0.717, 1.165) is 31.9 Å². The molecule has 0 saturated heterocycles. The van der Waals surface area contributed by atoms with Gasteiger partial charge < -0.3 is 10.1 Å². The fourth-order valence-corrected chi connectivity index (χ4v) is 4.79. The highest BCUT2D eigenvalue weighted by molar-refractivity contribution is 7.90. The van der Waals surface area contributed by atoms with Gasteiger partial charge in [0.25, 0.3) is 5.91 Å². The molecule has 0 spiro atoms. The highest BCUT2D eigenvalue weighted by Crippen LogP contribution is 2.29. The highest BCUT2D eigenvalue weighted by Gasteiger charge is 2.18. The Hall–Kier alpha value is -2.19. The first-order chi connectivity index (χ1) is 12.8. The maximum Gasteiger partial charge on any atom is 0.348 e. The first-order valence-corrected chi connectivity index (χ1v) is 11.4. The van der Waals surface area contributed by atoms with Crippen molar-refractivity contribution in [3.05, 3.63) is 45.6 Å². The Balaban J connectivity index is 1.57. The van der Waals surface area contributed by atoms with Crippen LogP contribution >= 0.6 is 11.3 Å². The molecule has 2 aromatic rings. The molecule has 27 heavy (non-hydrogen) atoms. The molecule has 0 bridgehead atoms. The van der Waals surface area contributed by atoms with E-state index in [-0.39, 0.29) is 4.90 Å². The molecule has 8 heteroatoms. The molecule has 1 aromatic heterocycles. The topological polar surface area (TPSA) is 89.5 Å². The predicted octanol–water partition coefficient (Wildman–Crippen LogP) is 3.22. The van der Waals surface area contributed by atoms with E-state index in [1.807, 2.05) is 6.07 Å². The quantitative estimate of drug-likeness (QED) is 0.607. The van der Waals surface area contributed by atoms with E-state index in [0.29, 0.717) is 10.6 Å². The molecule has 0 unspecified atom stereocenters. The maximum absolute atomic E-state index is 12.2. The Morgan fingerprint density at radius 1 is 1.15 bits per heavy atom. The van der Waals surface area contributed by atoms with Gasteiger partial charge in [-0.2, -0.15) is 0 Å². The Labute approximate surface area is 162 Å². The molecule has 1 aromatic carbocycles. The lowest BCUT2D eigenvalue weighted by Gasteiger charge is -2.07. The number of thiophene rings is 1. The molecule has 1 amide bonds. The number of carbonyl (C=O) groups excluding carboxylic acids is 2. The van der Waals surface area contributed by atoms with Crippen molar-refractivity contribution < 1.29 is 22.7 Å². The van der Waals surface area contributed by atoms with Gasteiger partial charge >= 0.3 is 5.97 Å². The molecule has 0 saturated carbocycles. The molecule has 144 valence electrons. The molecule has 0 fully saturated rings. The molecule has 1 aliphatic carbocycles. The lowest BCUT2D eigenvalue weighted by Crippen LogP contribution is -2.20. The number of sulfone groups is 1. The van der Waals surface area contributed by atoms with Crippen LogP contribution < -0.4 is 5.32 Å². The van der Waals surface area contributed by atoms with Gasteiger partial charge in [-0.25, -0.2) is 13.2 Å². The molecular formula is C19H21NO5S2. The van der Waals surface area contributed by atoms with Crippen LogP contribution in [-0.4, -0.2) is 33.2 Å². The van der Waals surface area contributed by atoms with Crippen LogP contribution in [0.25, 0.3) is 0 Å². The third-order valence-corrected chi connectivity index (χ3v) is 6.66. The Morgan fingerprint density at radius 3 is 2.70 bits per heavy atom. The molecule has 1 aliphatic rings. The van der Waals surface area contributed by atoms with E-state index in [1.165, 1.54) is 46.4 Å². The summed E-state index contributed by atoms with van der Waals surface area (Å²) in [5.74, 6) is -1.03. The normalized spacial score (nSPS) is 14.1. The number of aryl methyl sites for hydroxylation is 2. The van der Waals surface area contributed by atoms with E-state index in [4.69, 9.17) is 4.74 Å². The van der Waals surface area contributed by atoms with Crippen molar-refractivity contribution in [1.82, 2.24) is 0 Å². The van der Waals surface area contributed by atoms with Crippen molar-refractivity contribution in [3.8, 4) is 0 Å². The van der Waals surface area contributed by atoms with Gasteiger partial charge in [0.15, 0.2) is 16.4 Å². The van der Waals surface area contributed by atoms with Crippen LogP contribution in [-0.2, 0) is 32.2 Å². The van der Waals surface area contributed by atoms with Crippen molar-refractivity contribution in [2.24, 2.45) is 0 Å². The minimum Gasteiger partial charge on any atom is -0.451 e. The van der Waals surface area contributed by atoms with Gasteiger partial charge in [-0.05, 0) is 55.5 Å². The van der Waals surface area contributed by atoms with E-state index in [1.54, 1.807) is 6.07 Å². The summed E-state index contributed by atoms with van der Waals surface area (Å²) in [6.07, 6.45) is 6.55. The average Bonchev–Trinajstić information content (AvgIpc) is 2.90. The standard InChI is InChI=1S/C19H21NO5S2/c1-27(23,24)15-8-5-7-14(11-15)20-18(21)12-25-19(22)17-10-13-6-3-2-4-9-16(13)26-17/h5,7-8,10-11H,2-4,6,9,12H2,1H3,(H,20,21). The lowest BCUT2D eigenvalue weighted by atomic mass is 10.1. The summed E-state index contributed by atoms with van der Waals surface area (Å²) in [5.41, 5.74) is 1.55. The second-order valence-electron chi connectivity index (χ2n) is 6.54. The number of hydrogen-bond acceptors (Lipinski definition) is 6. The molecule has 0 atom stereocenters. The first kappa shape index (κ1) is 19.6. The predicted molar refractivity (Wildman–Crippen MR) is 104 cm³/mol. The minimum atomic E-state index is -3.36. The molecule has 1 N–H and O–H groups in total. The van der Waals surface area contributed by atoms with Gasteiger partial charge in [-0.3, -0.25) is 4.79 Å². The smallest absolute Gasteiger partial charge is 0.348 e. The minimum absolute atomic E-state index is 0.109. The zero-order chi connectivity index (χ0) is 19.4. The largest absolute Gasteiger partial charge is 0.451 e. The zero-order valence-corrected chi connectivity index (χ0v) is 16.6. The second kappa shape index (κ2) is 8.22. The summed E-state index contributed by atoms with van der Waals surface area (Å²) in [6.45, 7) is -0.426. The van der Waals surface area contributed by atoms with Gasteiger partial charge in [0.05, 0.1) is 4.90 Å². The van der Waals surface area contributed by atoms with Crippen LogP contribution in [0.5, 0.6) is 0 Å². The molecule has 0 radical (unpaired) electrons. The number of ether oxygens (including phenoxy) is 1. The third kappa shape index (κ3) is 5.17. The number of rotatable bonds is 5. The van der Waals surface area contributed by atoms with Gasteiger partial charge in [0, 0.05) is 16.8 Å². The number of hydrogen-bond donors (Lipinski definition) is 1. The van der Waals surface area contributed by atoms with Gasteiger partial charge in [-0.1, -0.05) is 12.5 Å². The van der Waals surface area contributed by atoms with Gasteiger partial charge in [0.2, 0.25) is 0 Å². The summed E-state index contributed by atoms with van der Waals surface area (Å²) in [5, 5.41) is 2.54. The number of fused-ring (bicyclic) bond motifs is 1. The fourth-order valence-electron chi connectivity index (χ4n) is 2.97. The second-order valence-corrected chi connectivity index (χ2v) is 9.70. The summed E-state index contributed by atoms with van der Waals surface area (Å²) < 4.78 is 28.2. The van der Waals surface area contributed by atoms with Crippen LogP contribution in [0, 0.1) is 0 Å². The Bertz CT molecular complexity index is 939. The molecule has 1 heterocycles. The number of benzene rings is 1. The third-order valence-electron chi connectivity index (χ3n) is 4.33. The molecular weight excluding hydrogens is 386 g/mol. The number of nitrogens with one attached hydrogen (secondary N) is 1. The summed E-state index contributed by atoms with van der Waals surface area (Å²) in [6, 6.07) is 7.81. The SMILES string of the molecule is CS(=O)(=O)c1cccc(NC(=O)COC(=O)c2cc3c(s2)CCCCC3)c1. The van der Waals surface area contributed by atoms with Crippen molar-refractivity contribution in [3.63, 3.8) is 0 Å². The molecule has 6 nitrogen and oxygen atoms in total. The van der Waals surface area contributed by atoms with E-state index < -0.39 is 28.3 Å². The lowest BCUT2D eigenvalue weighted by molar-refractivity contribution is -0.119. The monoisotopic (exact) mass is 407 g/mol. The van der Waals surface area contributed by atoms with Crippen LogP contribution in [0.15, 0.2) is 35.2 Å². The van der Waals surface area contributed by atoms with Gasteiger partial charge in [-0.15, -0.1) is 11.3 Å². The number of anilines is 1. The number of amides is 1. The first-order valence-electron chi connectivity index (χ1n) is 8.71. The van der Waals surface area contributed by atoms with Crippen LogP contribution in [0.4, 0.5) is 5.69 Å². The van der Waals surface area contributed by atoms with E-state index in [2.05, 4.69) is 5.32 Å². The summed E-state index contributed by atoms with van der Waals surface area (Å²) in [4.78, 5) is 26.1. The summed E-state index contributed by atoms with van der Waals surface area (Å²) >= 11 is 1.44. The summed E-state index contributed by atoms with van der Waals surface area (Å²) in [7, 11) is -3.36. The molecule has 3 rings (SSSR count). The Kier molecular flexibility index (Phi) is 5.96. The van der Waals surface area contributed by atoms with Crippen LogP contribution in [0.1, 0.15) is 39.4 Å². The highest BCUT2D eigenvalue weighted by atomic mass is 32.2. The number of esters is 1. The zero-order valence-electron chi connectivity index (χ0n) is 15.0. The number of carbonyl (C=O) groups is 2. The van der Waals surface area contributed by atoms with Crippen molar-refractivity contribution in [1.29, 1.82) is 0 Å². The van der Waals surface area contributed by atoms with Gasteiger partial charge in [0.1, 0.15) is 4.88 Å².